The Morgan fingerprint density at radius 2 is 2.00 bits per heavy atom. The second kappa shape index (κ2) is 7.56. The molecule has 2 aromatic heterocycles. The topological polar surface area (TPSA) is 36.7 Å². The van der Waals surface area contributed by atoms with Gasteiger partial charge in [0, 0.05) is 37.8 Å². The lowest BCUT2D eigenvalue weighted by Gasteiger charge is -2.33. The van der Waals surface area contributed by atoms with Gasteiger partial charge in [0.1, 0.15) is 0 Å². The van der Waals surface area contributed by atoms with Crippen LogP contribution < -0.4 is 0 Å². The van der Waals surface area contributed by atoms with Gasteiger partial charge in [0.2, 0.25) is 0 Å². The molecule has 0 aliphatic carbocycles. The van der Waals surface area contributed by atoms with E-state index in [0.717, 1.165) is 31.0 Å². The highest BCUT2D eigenvalue weighted by Gasteiger charge is 2.24. The molecule has 1 aliphatic heterocycles. The van der Waals surface area contributed by atoms with Gasteiger partial charge in [-0.25, -0.2) is 9.50 Å². The van der Waals surface area contributed by atoms with E-state index in [1.807, 2.05) is 6.20 Å². The second-order valence-corrected chi connectivity index (χ2v) is 7.57. The molecule has 0 bridgehead atoms. The van der Waals surface area contributed by atoms with Crippen molar-refractivity contribution < 1.29 is 0 Å². The van der Waals surface area contributed by atoms with Gasteiger partial charge in [0.05, 0.1) is 11.4 Å². The third-order valence-electron chi connectivity index (χ3n) is 5.09. The molecule has 5 nitrogen and oxygen atoms in total. The second-order valence-electron chi connectivity index (χ2n) is 7.57. The van der Waals surface area contributed by atoms with Gasteiger partial charge in [0.15, 0.2) is 5.65 Å². The molecule has 26 heavy (non-hydrogen) atoms. The quantitative estimate of drug-likeness (QED) is 0.709. The van der Waals surface area contributed by atoms with Crippen molar-refractivity contribution in [2.75, 3.05) is 27.2 Å². The van der Waals surface area contributed by atoms with E-state index in [1.165, 1.54) is 30.6 Å². The van der Waals surface area contributed by atoms with Crippen molar-refractivity contribution in [1.82, 2.24) is 24.4 Å². The molecule has 1 saturated heterocycles. The van der Waals surface area contributed by atoms with Crippen LogP contribution in [0.1, 0.15) is 35.7 Å². The fourth-order valence-corrected chi connectivity index (χ4v) is 3.95. The molecule has 1 aliphatic rings. The van der Waals surface area contributed by atoms with Crippen molar-refractivity contribution in [1.29, 1.82) is 0 Å². The molecule has 1 aromatic carbocycles. The van der Waals surface area contributed by atoms with Gasteiger partial charge in [-0.1, -0.05) is 30.3 Å². The van der Waals surface area contributed by atoms with Crippen molar-refractivity contribution >= 4 is 5.65 Å². The summed E-state index contributed by atoms with van der Waals surface area (Å²) in [5, 5.41) is 4.83. The lowest BCUT2D eigenvalue weighted by atomic mass is 9.94. The fourth-order valence-electron chi connectivity index (χ4n) is 3.95. The van der Waals surface area contributed by atoms with Crippen LogP contribution in [0.3, 0.4) is 0 Å². The minimum atomic E-state index is 0.505. The van der Waals surface area contributed by atoms with E-state index >= 15 is 0 Å². The third-order valence-corrected chi connectivity index (χ3v) is 5.09. The molecule has 136 valence electrons. The van der Waals surface area contributed by atoms with E-state index in [2.05, 4.69) is 75.9 Å². The molecule has 4 rings (SSSR count). The average Bonchev–Trinajstić information content (AvgIpc) is 3.04. The van der Waals surface area contributed by atoms with Gasteiger partial charge in [-0.3, -0.25) is 4.90 Å². The summed E-state index contributed by atoms with van der Waals surface area (Å²) in [6.07, 6.45) is 4.38. The first-order valence-corrected chi connectivity index (χ1v) is 9.43. The number of piperidine rings is 1. The molecule has 0 saturated carbocycles. The summed E-state index contributed by atoms with van der Waals surface area (Å²) < 4.78 is 2.06. The Morgan fingerprint density at radius 3 is 2.81 bits per heavy atom. The molecular weight excluding hydrogens is 322 g/mol. The zero-order valence-corrected chi connectivity index (χ0v) is 15.7. The SMILES string of the molecule is CN(C)Cc1cc2nccc(C3CCCN(Cc4ccccc4)C3)n2n1. The summed E-state index contributed by atoms with van der Waals surface area (Å²) in [4.78, 5) is 9.23. The highest BCUT2D eigenvalue weighted by atomic mass is 15.3. The third kappa shape index (κ3) is 3.79. The summed E-state index contributed by atoms with van der Waals surface area (Å²) in [5.74, 6) is 0.505. The number of nitrogens with zero attached hydrogens (tertiary/aromatic N) is 5. The molecule has 0 N–H and O–H groups in total. The van der Waals surface area contributed by atoms with Gasteiger partial charge >= 0.3 is 0 Å². The summed E-state index contributed by atoms with van der Waals surface area (Å²) in [7, 11) is 4.14. The van der Waals surface area contributed by atoms with E-state index < -0.39 is 0 Å². The molecule has 1 fully saturated rings. The normalized spacial score (nSPS) is 18.7. The van der Waals surface area contributed by atoms with E-state index in [0.29, 0.717) is 5.92 Å². The molecule has 0 radical (unpaired) electrons. The van der Waals surface area contributed by atoms with Crippen molar-refractivity contribution in [3.8, 4) is 0 Å². The predicted molar refractivity (Wildman–Crippen MR) is 104 cm³/mol. The van der Waals surface area contributed by atoms with Gasteiger partial charge in [-0.05, 0) is 45.1 Å². The Morgan fingerprint density at radius 1 is 1.15 bits per heavy atom. The Kier molecular flexibility index (Phi) is 5.00. The van der Waals surface area contributed by atoms with Gasteiger partial charge in [-0.2, -0.15) is 5.10 Å². The Labute approximate surface area is 155 Å². The van der Waals surface area contributed by atoms with Crippen LogP contribution in [0.4, 0.5) is 0 Å². The minimum absolute atomic E-state index is 0.505. The van der Waals surface area contributed by atoms with E-state index in [4.69, 9.17) is 5.10 Å². The number of likely N-dealkylation sites (tertiary alicyclic amines) is 1. The zero-order valence-electron chi connectivity index (χ0n) is 15.7. The Hall–Kier alpha value is -2.24. The minimum Gasteiger partial charge on any atom is -0.304 e. The van der Waals surface area contributed by atoms with Crippen LogP contribution in [0.2, 0.25) is 0 Å². The van der Waals surface area contributed by atoms with E-state index in [1.54, 1.807) is 0 Å². The molecule has 3 heterocycles. The van der Waals surface area contributed by atoms with Gasteiger partial charge in [-0.15, -0.1) is 0 Å². The van der Waals surface area contributed by atoms with Crippen LogP contribution in [0.5, 0.6) is 0 Å². The van der Waals surface area contributed by atoms with Crippen LogP contribution in [0, 0.1) is 0 Å². The predicted octanol–water partition coefficient (Wildman–Crippen LogP) is 3.17. The van der Waals surface area contributed by atoms with Crippen molar-refractivity contribution in [2.45, 2.75) is 31.8 Å². The summed E-state index contributed by atoms with van der Waals surface area (Å²) in [6.45, 7) is 4.12. The van der Waals surface area contributed by atoms with E-state index in [-0.39, 0.29) is 0 Å². The standard InChI is InChI=1S/C21H27N5/c1-24(2)16-19-13-21-22-11-10-20(26(21)23-19)18-9-6-12-25(15-18)14-17-7-4-3-5-8-17/h3-5,7-8,10-11,13,18H,6,9,12,14-16H2,1-2H3. The molecule has 0 amide bonds. The molecule has 0 spiro atoms. The van der Waals surface area contributed by atoms with Crippen LogP contribution in [-0.4, -0.2) is 51.6 Å². The number of hydrogen-bond acceptors (Lipinski definition) is 4. The lowest BCUT2D eigenvalue weighted by Crippen LogP contribution is -2.34. The molecule has 1 atom stereocenters. The van der Waals surface area contributed by atoms with Crippen LogP contribution in [0.15, 0.2) is 48.7 Å². The van der Waals surface area contributed by atoms with Crippen molar-refractivity contribution in [3.05, 3.63) is 65.6 Å². The average molecular weight is 349 g/mol. The van der Waals surface area contributed by atoms with Gasteiger partial charge in [0.25, 0.3) is 0 Å². The maximum absolute atomic E-state index is 4.83. The van der Waals surface area contributed by atoms with Crippen molar-refractivity contribution in [2.24, 2.45) is 0 Å². The molecule has 5 heteroatoms. The number of rotatable bonds is 5. The number of fused-ring (bicyclic) bond motifs is 1. The maximum Gasteiger partial charge on any atom is 0.155 e. The lowest BCUT2D eigenvalue weighted by molar-refractivity contribution is 0.197. The summed E-state index contributed by atoms with van der Waals surface area (Å²) in [6, 6.07) is 15.0. The number of benzene rings is 1. The maximum atomic E-state index is 4.83. The first kappa shape index (κ1) is 17.2. The Bertz CT molecular complexity index is 855. The van der Waals surface area contributed by atoms with Crippen LogP contribution >= 0.6 is 0 Å². The highest BCUT2D eigenvalue weighted by Crippen LogP contribution is 2.28. The number of hydrogen-bond donors (Lipinski definition) is 0. The van der Waals surface area contributed by atoms with E-state index in [9.17, 15) is 0 Å². The van der Waals surface area contributed by atoms with Crippen LogP contribution in [0.25, 0.3) is 5.65 Å². The van der Waals surface area contributed by atoms with Gasteiger partial charge < -0.3 is 4.90 Å². The van der Waals surface area contributed by atoms with Crippen molar-refractivity contribution in [3.63, 3.8) is 0 Å². The summed E-state index contributed by atoms with van der Waals surface area (Å²) in [5.41, 5.74) is 4.71. The first-order chi connectivity index (χ1) is 12.7. The smallest absolute Gasteiger partial charge is 0.155 e. The zero-order chi connectivity index (χ0) is 17.9. The monoisotopic (exact) mass is 349 g/mol. The molecular formula is C21H27N5. The Balaban J connectivity index is 1.55. The number of aromatic nitrogens is 3. The molecule has 3 aromatic rings. The van der Waals surface area contributed by atoms with Crippen LogP contribution in [-0.2, 0) is 13.1 Å². The summed E-state index contributed by atoms with van der Waals surface area (Å²) >= 11 is 0. The molecule has 1 unspecified atom stereocenters. The fraction of sp³-hybridized carbons (Fsp3) is 0.429. The first-order valence-electron chi connectivity index (χ1n) is 9.43. The largest absolute Gasteiger partial charge is 0.304 e. The highest BCUT2D eigenvalue weighted by molar-refractivity contribution is 5.41.